The lowest BCUT2D eigenvalue weighted by molar-refractivity contribution is 0.168. The van der Waals surface area contributed by atoms with Crippen LogP contribution >= 0.6 is 11.6 Å². The molecule has 1 heterocycles. The number of nitrogens with zero attached hydrogens (tertiary/aromatic N) is 2. The van der Waals surface area contributed by atoms with Gasteiger partial charge in [-0.15, -0.1) is 0 Å². The first kappa shape index (κ1) is 14.6. The molecule has 0 bridgehead atoms. The Balaban J connectivity index is 1.67. The Morgan fingerprint density at radius 1 is 1.48 bits per heavy atom. The van der Waals surface area contributed by atoms with Crippen LogP contribution in [-0.2, 0) is 13.5 Å². The van der Waals surface area contributed by atoms with Gasteiger partial charge in [-0.25, -0.2) is 0 Å². The highest BCUT2D eigenvalue weighted by Crippen LogP contribution is 2.30. The largest absolute Gasteiger partial charge is 0.387 e. The molecule has 0 amide bonds. The van der Waals surface area contributed by atoms with E-state index in [4.69, 9.17) is 11.6 Å². The maximum atomic E-state index is 10.3. The molecular weight excluding hydrogens is 286 g/mol. The normalized spacial score (nSPS) is 19.3. The van der Waals surface area contributed by atoms with Crippen LogP contribution in [0.5, 0.6) is 0 Å². The van der Waals surface area contributed by atoms with Gasteiger partial charge in [-0.3, -0.25) is 4.68 Å². The highest BCUT2D eigenvalue weighted by Gasteiger charge is 2.24. The molecule has 0 aliphatic heterocycles. The molecular formula is C16H20ClN3O. The minimum Gasteiger partial charge on any atom is -0.387 e. The first-order chi connectivity index (χ1) is 10.2. The van der Waals surface area contributed by atoms with E-state index in [1.165, 1.54) is 11.3 Å². The lowest BCUT2D eigenvalue weighted by Gasteiger charge is -2.25. The number of aliphatic hydroxyl groups excluding tert-OH is 1. The Labute approximate surface area is 129 Å². The molecule has 1 aromatic heterocycles. The fourth-order valence-corrected chi connectivity index (χ4v) is 3.29. The summed E-state index contributed by atoms with van der Waals surface area (Å²) in [6.45, 7) is 0.489. The Morgan fingerprint density at radius 2 is 2.29 bits per heavy atom. The lowest BCUT2D eigenvalue weighted by atomic mass is 9.93. The second-order valence-electron chi connectivity index (χ2n) is 5.56. The average Bonchev–Trinajstić information content (AvgIpc) is 2.87. The van der Waals surface area contributed by atoms with Crippen LogP contribution in [-0.4, -0.2) is 21.4 Å². The molecule has 3 rings (SSSR count). The molecule has 1 aromatic carbocycles. The molecule has 0 radical (unpaired) electrons. The molecule has 1 aliphatic rings. The summed E-state index contributed by atoms with van der Waals surface area (Å²) in [5.41, 5.74) is 3.33. The van der Waals surface area contributed by atoms with Crippen molar-refractivity contribution in [2.24, 2.45) is 7.05 Å². The summed E-state index contributed by atoms with van der Waals surface area (Å²) >= 11 is 6.12. The second kappa shape index (κ2) is 6.18. The molecule has 2 N–H and O–H groups in total. The van der Waals surface area contributed by atoms with Gasteiger partial charge < -0.3 is 10.4 Å². The van der Waals surface area contributed by atoms with Crippen LogP contribution in [0.25, 0.3) is 0 Å². The van der Waals surface area contributed by atoms with Crippen molar-refractivity contribution < 1.29 is 5.11 Å². The van der Waals surface area contributed by atoms with Gasteiger partial charge >= 0.3 is 0 Å². The topological polar surface area (TPSA) is 50.1 Å². The van der Waals surface area contributed by atoms with Crippen LogP contribution in [0, 0.1) is 0 Å². The standard InChI is InChI=1S/C16H20ClN3O/c1-20-15-8-4-7-14(12(15)9-19-20)18-10-16(21)11-5-2-3-6-13(11)17/h2-3,5-6,9,14,16,18,21H,4,7-8,10H2,1H3/t14-,16+/m1/s1. The third-order valence-corrected chi connectivity index (χ3v) is 4.54. The van der Waals surface area contributed by atoms with E-state index in [1.807, 2.05) is 36.1 Å². The van der Waals surface area contributed by atoms with Gasteiger partial charge in [-0.1, -0.05) is 29.8 Å². The number of aryl methyl sites for hydroxylation is 1. The van der Waals surface area contributed by atoms with Gasteiger partial charge in [0.25, 0.3) is 0 Å². The third-order valence-electron chi connectivity index (χ3n) is 4.20. The first-order valence-electron chi connectivity index (χ1n) is 7.33. The molecule has 112 valence electrons. The van der Waals surface area contributed by atoms with E-state index in [1.54, 1.807) is 6.07 Å². The Bertz CT molecular complexity index is 626. The molecule has 0 fully saturated rings. The molecule has 2 atom stereocenters. The van der Waals surface area contributed by atoms with Crippen molar-refractivity contribution in [2.75, 3.05) is 6.54 Å². The van der Waals surface area contributed by atoms with E-state index in [-0.39, 0.29) is 6.04 Å². The molecule has 1 aliphatic carbocycles. The van der Waals surface area contributed by atoms with Gasteiger partial charge in [0.2, 0.25) is 0 Å². The van der Waals surface area contributed by atoms with Crippen LogP contribution < -0.4 is 5.32 Å². The monoisotopic (exact) mass is 305 g/mol. The van der Waals surface area contributed by atoms with Gasteiger partial charge in [0, 0.05) is 41.5 Å². The van der Waals surface area contributed by atoms with E-state index in [0.717, 1.165) is 24.8 Å². The third kappa shape index (κ3) is 2.98. The molecule has 0 saturated carbocycles. The van der Waals surface area contributed by atoms with Gasteiger partial charge in [0.15, 0.2) is 0 Å². The van der Waals surface area contributed by atoms with E-state index < -0.39 is 6.10 Å². The first-order valence-corrected chi connectivity index (χ1v) is 7.71. The van der Waals surface area contributed by atoms with Crippen LogP contribution in [0.1, 0.15) is 41.8 Å². The van der Waals surface area contributed by atoms with Crippen molar-refractivity contribution >= 4 is 11.6 Å². The minimum absolute atomic E-state index is 0.264. The van der Waals surface area contributed by atoms with E-state index in [9.17, 15) is 5.11 Å². The molecule has 4 nitrogen and oxygen atoms in total. The van der Waals surface area contributed by atoms with Gasteiger partial charge in [-0.05, 0) is 25.3 Å². The van der Waals surface area contributed by atoms with Crippen LogP contribution in [0.3, 0.4) is 0 Å². The summed E-state index contributed by atoms with van der Waals surface area (Å²) in [6, 6.07) is 7.70. The summed E-state index contributed by atoms with van der Waals surface area (Å²) in [4.78, 5) is 0. The van der Waals surface area contributed by atoms with E-state index >= 15 is 0 Å². The fourth-order valence-electron chi connectivity index (χ4n) is 3.03. The zero-order chi connectivity index (χ0) is 14.8. The second-order valence-corrected chi connectivity index (χ2v) is 5.97. The summed E-state index contributed by atoms with van der Waals surface area (Å²) in [5.74, 6) is 0. The van der Waals surface area contributed by atoms with Gasteiger partial charge in [0.05, 0.1) is 12.3 Å². The van der Waals surface area contributed by atoms with Gasteiger partial charge in [-0.2, -0.15) is 5.10 Å². The number of aliphatic hydroxyl groups is 1. The maximum Gasteiger partial charge on any atom is 0.0928 e. The highest BCUT2D eigenvalue weighted by atomic mass is 35.5. The zero-order valence-corrected chi connectivity index (χ0v) is 12.8. The van der Waals surface area contributed by atoms with E-state index in [2.05, 4.69) is 10.4 Å². The zero-order valence-electron chi connectivity index (χ0n) is 12.1. The quantitative estimate of drug-likeness (QED) is 0.913. The summed E-state index contributed by atoms with van der Waals surface area (Å²) in [7, 11) is 1.99. The van der Waals surface area contributed by atoms with Crippen molar-refractivity contribution in [2.45, 2.75) is 31.4 Å². The predicted octanol–water partition coefficient (Wildman–Crippen LogP) is 2.77. The van der Waals surface area contributed by atoms with Crippen molar-refractivity contribution in [3.63, 3.8) is 0 Å². The maximum absolute atomic E-state index is 10.3. The van der Waals surface area contributed by atoms with Crippen molar-refractivity contribution in [1.82, 2.24) is 15.1 Å². The van der Waals surface area contributed by atoms with E-state index in [0.29, 0.717) is 11.6 Å². The number of hydrogen-bond acceptors (Lipinski definition) is 3. The SMILES string of the molecule is Cn1ncc2c1CCC[C@H]2NC[C@H](O)c1ccccc1Cl. The number of halogens is 1. The number of nitrogens with one attached hydrogen (secondary N) is 1. The van der Waals surface area contributed by atoms with Gasteiger partial charge in [0.1, 0.15) is 0 Å². The minimum atomic E-state index is -0.597. The van der Waals surface area contributed by atoms with Crippen LogP contribution in [0.15, 0.2) is 30.5 Å². The summed E-state index contributed by atoms with van der Waals surface area (Å²) in [5, 5.41) is 18.7. The molecule has 2 aromatic rings. The number of rotatable bonds is 4. The average molecular weight is 306 g/mol. The molecule has 0 spiro atoms. The number of benzene rings is 1. The van der Waals surface area contributed by atoms with Crippen molar-refractivity contribution in [1.29, 1.82) is 0 Å². The molecule has 21 heavy (non-hydrogen) atoms. The summed E-state index contributed by atoms with van der Waals surface area (Å²) in [6.07, 6.45) is 4.64. The Morgan fingerprint density at radius 3 is 3.10 bits per heavy atom. The number of hydrogen-bond donors (Lipinski definition) is 2. The Kier molecular flexibility index (Phi) is 4.29. The lowest BCUT2D eigenvalue weighted by Crippen LogP contribution is -2.29. The molecule has 5 heteroatoms. The molecule has 0 unspecified atom stereocenters. The van der Waals surface area contributed by atoms with Crippen LogP contribution in [0.4, 0.5) is 0 Å². The van der Waals surface area contributed by atoms with Crippen molar-refractivity contribution in [3.8, 4) is 0 Å². The molecule has 0 saturated heterocycles. The van der Waals surface area contributed by atoms with Crippen LogP contribution in [0.2, 0.25) is 5.02 Å². The number of fused-ring (bicyclic) bond motifs is 1. The highest BCUT2D eigenvalue weighted by molar-refractivity contribution is 6.31. The Hall–Kier alpha value is -1.36. The summed E-state index contributed by atoms with van der Waals surface area (Å²) < 4.78 is 1.95. The fraction of sp³-hybridized carbons (Fsp3) is 0.438. The predicted molar refractivity (Wildman–Crippen MR) is 83.3 cm³/mol. The number of aromatic nitrogens is 2. The van der Waals surface area contributed by atoms with Crippen molar-refractivity contribution in [3.05, 3.63) is 52.3 Å². The smallest absolute Gasteiger partial charge is 0.0928 e.